The van der Waals surface area contributed by atoms with Crippen LogP contribution in [0.1, 0.15) is 4.88 Å². The van der Waals surface area contributed by atoms with Crippen molar-refractivity contribution in [2.24, 2.45) is 0 Å². The average Bonchev–Trinajstić information content (AvgIpc) is 3.15. The largest absolute Gasteiger partial charge is 0.395 e. The SMILES string of the molecule is CN(CCO)C1=C(c2cccs2)C(=O)N(c2ccc(F)cc2F)C1=O. The van der Waals surface area contributed by atoms with E-state index in [1.165, 1.54) is 16.2 Å². The molecule has 1 aliphatic rings. The monoisotopic (exact) mass is 364 g/mol. The van der Waals surface area contributed by atoms with Crippen LogP contribution >= 0.6 is 11.3 Å². The van der Waals surface area contributed by atoms with Gasteiger partial charge in [-0.2, -0.15) is 0 Å². The molecular weight excluding hydrogens is 350 g/mol. The van der Waals surface area contributed by atoms with Gasteiger partial charge in [-0.25, -0.2) is 13.7 Å². The van der Waals surface area contributed by atoms with E-state index in [-0.39, 0.29) is 30.1 Å². The molecular formula is C17H14F2N2O3S. The van der Waals surface area contributed by atoms with E-state index in [1.54, 1.807) is 24.6 Å². The number of hydrogen-bond donors (Lipinski definition) is 1. The van der Waals surface area contributed by atoms with Crippen molar-refractivity contribution in [3.8, 4) is 0 Å². The van der Waals surface area contributed by atoms with Crippen LogP contribution in [-0.4, -0.2) is 42.0 Å². The topological polar surface area (TPSA) is 60.9 Å². The fourth-order valence-electron chi connectivity index (χ4n) is 2.66. The van der Waals surface area contributed by atoms with E-state index in [9.17, 15) is 18.4 Å². The Kier molecular flexibility index (Phi) is 4.65. The molecule has 0 spiro atoms. The number of aliphatic hydroxyl groups is 1. The maximum atomic E-state index is 14.1. The van der Waals surface area contributed by atoms with Gasteiger partial charge in [0.25, 0.3) is 11.8 Å². The molecule has 1 aliphatic heterocycles. The van der Waals surface area contributed by atoms with Crippen molar-refractivity contribution >= 4 is 34.4 Å². The molecule has 25 heavy (non-hydrogen) atoms. The van der Waals surface area contributed by atoms with Crippen LogP contribution in [-0.2, 0) is 9.59 Å². The molecule has 8 heteroatoms. The van der Waals surface area contributed by atoms with E-state index in [0.717, 1.165) is 12.1 Å². The normalized spacial score (nSPS) is 14.6. The van der Waals surface area contributed by atoms with Crippen LogP contribution in [0.25, 0.3) is 5.57 Å². The quantitative estimate of drug-likeness (QED) is 0.827. The van der Waals surface area contributed by atoms with Gasteiger partial charge in [-0.15, -0.1) is 11.3 Å². The molecule has 2 aromatic rings. The number of nitrogens with zero attached hydrogens (tertiary/aromatic N) is 2. The number of rotatable bonds is 5. The zero-order chi connectivity index (χ0) is 18.1. The van der Waals surface area contributed by atoms with Crippen molar-refractivity contribution in [3.05, 3.63) is 57.9 Å². The Bertz CT molecular complexity index is 865. The minimum Gasteiger partial charge on any atom is -0.395 e. The maximum Gasteiger partial charge on any atom is 0.282 e. The van der Waals surface area contributed by atoms with Crippen LogP contribution in [0.4, 0.5) is 14.5 Å². The second-order valence-corrected chi connectivity index (χ2v) is 6.34. The number of aliphatic hydroxyl groups excluding tert-OH is 1. The molecule has 0 radical (unpaired) electrons. The van der Waals surface area contributed by atoms with Crippen molar-refractivity contribution in [1.82, 2.24) is 4.90 Å². The molecule has 5 nitrogen and oxygen atoms in total. The molecule has 0 bridgehead atoms. The lowest BCUT2D eigenvalue weighted by Crippen LogP contribution is -2.35. The van der Waals surface area contributed by atoms with Gasteiger partial charge in [-0.05, 0) is 23.6 Å². The molecule has 2 heterocycles. The number of benzene rings is 1. The summed E-state index contributed by atoms with van der Waals surface area (Å²) in [5.41, 5.74) is -0.0947. The predicted octanol–water partition coefficient (Wildman–Crippen LogP) is 2.23. The van der Waals surface area contributed by atoms with Gasteiger partial charge in [0.2, 0.25) is 0 Å². The van der Waals surface area contributed by atoms with Gasteiger partial charge in [-0.3, -0.25) is 9.59 Å². The molecule has 1 aromatic carbocycles. The molecule has 130 valence electrons. The van der Waals surface area contributed by atoms with E-state index >= 15 is 0 Å². The van der Waals surface area contributed by atoms with Crippen LogP contribution in [0.3, 0.4) is 0 Å². The summed E-state index contributed by atoms with van der Waals surface area (Å²) in [6.45, 7) is -0.0902. The predicted molar refractivity (Wildman–Crippen MR) is 89.8 cm³/mol. The second kappa shape index (κ2) is 6.73. The lowest BCUT2D eigenvalue weighted by molar-refractivity contribution is -0.120. The van der Waals surface area contributed by atoms with Crippen molar-refractivity contribution in [1.29, 1.82) is 0 Å². The number of carbonyl (C=O) groups is 2. The zero-order valence-corrected chi connectivity index (χ0v) is 14.0. The summed E-state index contributed by atoms with van der Waals surface area (Å²) in [5, 5.41) is 10.9. The fourth-order valence-corrected chi connectivity index (χ4v) is 3.42. The van der Waals surface area contributed by atoms with Gasteiger partial charge in [0.05, 0.1) is 17.9 Å². The molecule has 0 saturated carbocycles. The Morgan fingerprint density at radius 2 is 1.96 bits per heavy atom. The number of amides is 2. The van der Waals surface area contributed by atoms with Gasteiger partial charge in [0.1, 0.15) is 17.3 Å². The van der Waals surface area contributed by atoms with E-state index in [4.69, 9.17) is 5.11 Å². The smallest absolute Gasteiger partial charge is 0.282 e. The molecule has 3 rings (SSSR count). The third-order valence-corrected chi connectivity index (χ3v) is 4.68. The first-order chi connectivity index (χ1) is 12.0. The van der Waals surface area contributed by atoms with Gasteiger partial charge in [-0.1, -0.05) is 6.07 Å². The number of halogens is 2. The standard InChI is InChI=1S/C17H14F2N2O3S/c1-20(6-7-22)15-14(13-3-2-8-25-13)16(23)21(17(15)24)12-5-4-10(18)9-11(12)19/h2-5,8-9,22H,6-7H2,1H3. The third-order valence-electron chi connectivity index (χ3n) is 3.79. The second-order valence-electron chi connectivity index (χ2n) is 5.39. The molecule has 1 aromatic heterocycles. The first kappa shape index (κ1) is 17.2. The van der Waals surface area contributed by atoms with Crippen LogP contribution in [0.2, 0.25) is 0 Å². The molecule has 0 atom stereocenters. The van der Waals surface area contributed by atoms with Crippen molar-refractivity contribution < 1.29 is 23.5 Å². The highest BCUT2D eigenvalue weighted by Gasteiger charge is 2.43. The zero-order valence-electron chi connectivity index (χ0n) is 13.2. The van der Waals surface area contributed by atoms with Crippen LogP contribution in [0.15, 0.2) is 41.4 Å². The van der Waals surface area contributed by atoms with Gasteiger partial charge in [0, 0.05) is 24.5 Å². The number of imide groups is 1. The summed E-state index contributed by atoms with van der Waals surface area (Å²) < 4.78 is 27.3. The minimum atomic E-state index is -1.00. The Labute approximate surface area is 146 Å². The Hall–Kier alpha value is -2.58. The lowest BCUT2D eigenvalue weighted by atomic mass is 10.2. The molecule has 0 fully saturated rings. The first-order valence-electron chi connectivity index (χ1n) is 7.39. The molecule has 0 aliphatic carbocycles. The Morgan fingerprint density at radius 1 is 1.20 bits per heavy atom. The average molecular weight is 364 g/mol. The van der Waals surface area contributed by atoms with E-state index in [2.05, 4.69) is 0 Å². The molecule has 0 unspecified atom stereocenters. The lowest BCUT2D eigenvalue weighted by Gasteiger charge is -2.20. The highest BCUT2D eigenvalue weighted by Crippen LogP contribution is 2.36. The van der Waals surface area contributed by atoms with E-state index in [0.29, 0.717) is 15.8 Å². The summed E-state index contributed by atoms with van der Waals surface area (Å²) in [6, 6.07) is 6.08. The number of thiophene rings is 1. The molecule has 1 N–H and O–H groups in total. The summed E-state index contributed by atoms with van der Waals surface area (Å²) in [6.07, 6.45) is 0. The Morgan fingerprint density at radius 3 is 2.56 bits per heavy atom. The summed E-state index contributed by atoms with van der Waals surface area (Å²) in [5.74, 6) is -3.20. The summed E-state index contributed by atoms with van der Waals surface area (Å²) in [7, 11) is 1.56. The number of carbonyl (C=O) groups excluding carboxylic acids is 2. The fraction of sp³-hybridized carbons (Fsp3) is 0.176. The molecule has 0 saturated heterocycles. The maximum absolute atomic E-state index is 14.1. The Balaban J connectivity index is 2.12. The highest BCUT2D eigenvalue weighted by molar-refractivity contribution is 7.11. The van der Waals surface area contributed by atoms with Crippen molar-refractivity contribution in [3.63, 3.8) is 0 Å². The molecule has 2 amide bonds. The third kappa shape index (κ3) is 2.94. The highest BCUT2D eigenvalue weighted by atomic mass is 32.1. The number of anilines is 1. The van der Waals surface area contributed by atoms with Gasteiger partial charge in [0.15, 0.2) is 0 Å². The van der Waals surface area contributed by atoms with E-state index in [1.807, 2.05) is 0 Å². The van der Waals surface area contributed by atoms with E-state index < -0.39 is 23.4 Å². The first-order valence-corrected chi connectivity index (χ1v) is 8.27. The van der Waals surface area contributed by atoms with Crippen molar-refractivity contribution in [2.45, 2.75) is 0 Å². The van der Waals surface area contributed by atoms with Crippen LogP contribution in [0, 0.1) is 11.6 Å². The van der Waals surface area contributed by atoms with Crippen molar-refractivity contribution in [2.75, 3.05) is 25.1 Å². The van der Waals surface area contributed by atoms with Gasteiger partial charge >= 0.3 is 0 Å². The number of hydrogen-bond acceptors (Lipinski definition) is 5. The van der Waals surface area contributed by atoms with Crippen LogP contribution in [0.5, 0.6) is 0 Å². The minimum absolute atomic E-state index is 0.0743. The summed E-state index contributed by atoms with van der Waals surface area (Å²) in [4.78, 5) is 28.4. The number of likely N-dealkylation sites (N-methyl/N-ethyl adjacent to an activating group) is 1. The summed E-state index contributed by atoms with van der Waals surface area (Å²) >= 11 is 1.27. The van der Waals surface area contributed by atoms with Crippen LogP contribution < -0.4 is 4.90 Å². The van der Waals surface area contributed by atoms with Gasteiger partial charge < -0.3 is 10.0 Å².